The van der Waals surface area contributed by atoms with Crippen LogP contribution in [-0.2, 0) is 4.79 Å². The second-order valence-electron chi connectivity index (χ2n) is 5.60. The lowest BCUT2D eigenvalue weighted by Crippen LogP contribution is -2.39. The minimum atomic E-state index is 0.0512. The summed E-state index contributed by atoms with van der Waals surface area (Å²) in [4.78, 5) is 16.8. The number of hydrogen-bond acceptors (Lipinski definition) is 3. The van der Waals surface area contributed by atoms with Crippen LogP contribution in [0.4, 0.5) is 0 Å². The molecule has 1 aromatic carbocycles. The van der Waals surface area contributed by atoms with Crippen molar-refractivity contribution in [3.8, 4) is 0 Å². The highest BCUT2D eigenvalue weighted by atomic mass is 32.1. The van der Waals surface area contributed by atoms with Crippen LogP contribution in [-0.4, -0.2) is 47.4 Å². The number of carbonyl (C=O) groups excluding carboxylic acids is 1. The van der Waals surface area contributed by atoms with E-state index >= 15 is 0 Å². The lowest BCUT2D eigenvalue weighted by Gasteiger charge is -2.29. The van der Waals surface area contributed by atoms with E-state index in [-0.39, 0.29) is 11.9 Å². The maximum Gasteiger partial charge on any atom is 0.236 e. The summed E-state index contributed by atoms with van der Waals surface area (Å²) >= 11 is 5.07. The SMILES string of the molecule is CN(CC(=O)N1CCCC1)C(CC(N)=S)c1ccccc1. The summed E-state index contributed by atoms with van der Waals surface area (Å²) in [6, 6.07) is 10.1. The summed E-state index contributed by atoms with van der Waals surface area (Å²) in [6.45, 7) is 2.18. The molecule has 0 aliphatic carbocycles. The van der Waals surface area contributed by atoms with Crippen molar-refractivity contribution in [2.24, 2.45) is 5.73 Å². The van der Waals surface area contributed by atoms with Crippen molar-refractivity contribution in [1.29, 1.82) is 0 Å². The fourth-order valence-electron chi connectivity index (χ4n) is 2.78. The first-order valence-corrected chi connectivity index (χ1v) is 7.80. The van der Waals surface area contributed by atoms with E-state index in [4.69, 9.17) is 18.0 Å². The molecular weight excluding hydrogens is 282 g/mol. The van der Waals surface area contributed by atoms with Crippen LogP contribution in [0.15, 0.2) is 30.3 Å². The number of benzene rings is 1. The van der Waals surface area contributed by atoms with Crippen LogP contribution < -0.4 is 5.73 Å². The van der Waals surface area contributed by atoms with Gasteiger partial charge in [0.1, 0.15) is 0 Å². The quantitative estimate of drug-likeness (QED) is 0.816. The number of carbonyl (C=O) groups is 1. The molecule has 1 aliphatic heterocycles. The summed E-state index contributed by atoms with van der Waals surface area (Å²) in [5.41, 5.74) is 6.87. The van der Waals surface area contributed by atoms with Crippen molar-refractivity contribution in [2.45, 2.75) is 25.3 Å². The van der Waals surface area contributed by atoms with E-state index in [9.17, 15) is 4.79 Å². The predicted octanol–water partition coefficient (Wildman–Crippen LogP) is 1.96. The van der Waals surface area contributed by atoms with E-state index in [0.717, 1.165) is 31.5 Å². The van der Waals surface area contributed by atoms with E-state index in [2.05, 4.69) is 17.0 Å². The normalized spacial score (nSPS) is 16.2. The van der Waals surface area contributed by atoms with Crippen molar-refractivity contribution < 1.29 is 4.79 Å². The molecule has 0 radical (unpaired) electrons. The van der Waals surface area contributed by atoms with Crippen LogP contribution in [0.2, 0.25) is 0 Å². The van der Waals surface area contributed by atoms with Gasteiger partial charge >= 0.3 is 0 Å². The topological polar surface area (TPSA) is 49.6 Å². The molecular formula is C16H23N3OS. The van der Waals surface area contributed by atoms with Gasteiger partial charge in [0, 0.05) is 25.6 Å². The molecule has 1 saturated heterocycles. The minimum Gasteiger partial charge on any atom is -0.393 e. The Labute approximate surface area is 131 Å². The average molecular weight is 305 g/mol. The Morgan fingerprint density at radius 2 is 1.95 bits per heavy atom. The predicted molar refractivity (Wildman–Crippen MR) is 89.0 cm³/mol. The van der Waals surface area contributed by atoms with E-state index in [1.165, 1.54) is 0 Å². The highest BCUT2D eigenvalue weighted by molar-refractivity contribution is 7.80. The third kappa shape index (κ3) is 4.51. The van der Waals surface area contributed by atoms with Gasteiger partial charge in [0.15, 0.2) is 0 Å². The van der Waals surface area contributed by atoms with Gasteiger partial charge in [-0.2, -0.15) is 0 Å². The summed E-state index contributed by atoms with van der Waals surface area (Å²) in [7, 11) is 1.96. The third-order valence-electron chi connectivity index (χ3n) is 3.95. The molecule has 2 N–H and O–H groups in total. The van der Waals surface area contributed by atoms with Crippen LogP contribution in [0.3, 0.4) is 0 Å². The fourth-order valence-corrected chi connectivity index (χ4v) is 2.94. The van der Waals surface area contributed by atoms with Gasteiger partial charge in [0.25, 0.3) is 0 Å². The summed E-state index contributed by atoms with van der Waals surface area (Å²) in [5.74, 6) is 0.193. The zero-order valence-corrected chi connectivity index (χ0v) is 13.3. The Bertz CT molecular complexity index is 486. The Balaban J connectivity index is 2.05. The molecule has 0 aromatic heterocycles. The fraction of sp³-hybridized carbons (Fsp3) is 0.500. The molecule has 2 rings (SSSR count). The maximum atomic E-state index is 12.3. The van der Waals surface area contributed by atoms with E-state index in [1.807, 2.05) is 30.1 Å². The van der Waals surface area contributed by atoms with Crippen LogP contribution in [0, 0.1) is 0 Å². The van der Waals surface area contributed by atoms with Gasteiger partial charge in [-0.05, 0) is 25.5 Å². The Morgan fingerprint density at radius 3 is 2.52 bits per heavy atom. The monoisotopic (exact) mass is 305 g/mol. The number of likely N-dealkylation sites (tertiary alicyclic amines) is 1. The summed E-state index contributed by atoms with van der Waals surface area (Å²) in [5, 5.41) is 0. The second-order valence-corrected chi connectivity index (χ2v) is 6.12. The van der Waals surface area contributed by atoms with E-state index in [1.54, 1.807) is 0 Å². The van der Waals surface area contributed by atoms with Crippen LogP contribution in [0.5, 0.6) is 0 Å². The number of rotatable bonds is 6. The van der Waals surface area contributed by atoms with Crippen LogP contribution in [0.25, 0.3) is 0 Å². The van der Waals surface area contributed by atoms with Gasteiger partial charge in [-0.1, -0.05) is 42.5 Å². The van der Waals surface area contributed by atoms with Gasteiger partial charge in [-0.15, -0.1) is 0 Å². The number of hydrogen-bond donors (Lipinski definition) is 1. The Morgan fingerprint density at radius 1 is 1.33 bits per heavy atom. The molecule has 1 aliphatic rings. The molecule has 0 bridgehead atoms. The van der Waals surface area contributed by atoms with E-state index < -0.39 is 0 Å². The zero-order chi connectivity index (χ0) is 15.2. The van der Waals surface area contributed by atoms with Gasteiger partial charge in [-0.3, -0.25) is 9.69 Å². The van der Waals surface area contributed by atoms with Gasteiger partial charge in [0.2, 0.25) is 5.91 Å². The van der Waals surface area contributed by atoms with Gasteiger partial charge < -0.3 is 10.6 Å². The van der Waals surface area contributed by atoms with Crippen LogP contribution in [0.1, 0.15) is 30.9 Å². The molecule has 4 nitrogen and oxygen atoms in total. The first-order chi connectivity index (χ1) is 10.1. The lowest BCUT2D eigenvalue weighted by molar-refractivity contribution is -0.131. The molecule has 5 heteroatoms. The molecule has 1 fully saturated rings. The number of nitrogens with two attached hydrogens (primary N) is 1. The second kappa shape index (κ2) is 7.52. The highest BCUT2D eigenvalue weighted by Gasteiger charge is 2.24. The number of amides is 1. The lowest BCUT2D eigenvalue weighted by atomic mass is 10.0. The Kier molecular flexibility index (Phi) is 5.70. The molecule has 1 aromatic rings. The van der Waals surface area contributed by atoms with Gasteiger partial charge in [0.05, 0.1) is 11.5 Å². The number of thiocarbonyl (C=S) groups is 1. The minimum absolute atomic E-state index is 0.0512. The zero-order valence-electron chi connectivity index (χ0n) is 12.5. The van der Waals surface area contributed by atoms with E-state index in [0.29, 0.717) is 18.0 Å². The standard InChI is InChI=1S/C16H23N3OS/c1-18(12-16(20)19-9-5-6-10-19)14(11-15(17)21)13-7-3-2-4-8-13/h2-4,7-8,14H,5-6,9-12H2,1H3,(H2,17,21). The number of nitrogens with zero attached hydrogens (tertiary/aromatic N) is 2. The average Bonchev–Trinajstić information content (AvgIpc) is 2.99. The molecule has 114 valence electrons. The maximum absolute atomic E-state index is 12.3. The highest BCUT2D eigenvalue weighted by Crippen LogP contribution is 2.23. The molecule has 1 heterocycles. The molecule has 1 unspecified atom stereocenters. The first-order valence-electron chi connectivity index (χ1n) is 7.39. The van der Waals surface area contributed by atoms with Crippen molar-refractivity contribution in [3.05, 3.63) is 35.9 Å². The van der Waals surface area contributed by atoms with Crippen molar-refractivity contribution in [2.75, 3.05) is 26.7 Å². The first kappa shape index (κ1) is 15.9. The largest absolute Gasteiger partial charge is 0.393 e. The van der Waals surface area contributed by atoms with Crippen molar-refractivity contribution >= 4 is 23.1 Å². The summed E-state index contributed by atoms with van der Waals surface area (Å²) in [6.07, 6.45) is 2.82. The summed E-state index contributed by atoms with van der Waals surface area (Å²) < 4.78 is 0. The third-order valence-corrected chi connectivity index (χ3v) is 4.12. The smallest absolute Gasteiger partial charge is 0.236 e. The molecule has 1 amide bonds. The molecule has 1 atom stereocenters. The Hall–Kier alpha value is -1.46. The molecule has 0 spiro atoms. The van der Waals surface area contributed by atoms with Crippen LogP contribution >= 0.6 is 12.2 Å². The number of likely N-dealkylation sites (N-methyl/N-ethyl adjacent to an activating group) is 1. The molecule has 21 heavy (non-hydrogen) atoms. The van der Waals surface area contributed by atoms with Gasteiger partial charge in [-0.25, -0.2) is 0 Å². The molecule has 0 saturated carbocycles. The van der Waals surface area contributed by atoms with Crippen molar-refractivity contribution in [1.82, 2.24) is 9.80 Å². The van der Waals surface area contributed by atoms with Crippen molar-refractivity contribution in [3.63, 3.8) is 0 Å².